The van der Waals surface area contributed by atoms with Crippen LogP contribution in [0.2, 0.25) is 0 Å². The number of aromatic nitrogens is 2. The van der Waals surface area contributed by atoms with Crippen LogP contribution in [0.15, 0.2) is 17.4 Å². The Labute approximate surface area is 101 Å². The average molecular weight is 267 g/mol. The van der Waals surface area contributed by atoms with E-state index in [1.54, 1.807) is 6.26 Å². The fraction of sp³-hybridized carbons (Fsp3) is 0.556. The van der Waals surface area contributed by atoms with E-state index in [0.717, 1.165) is 4.90 Å². The minimum atomic E-state index is -4.33. The molecule has 1 rings (SSSR count). The number of alkyl halides is 3. The molecule has 8 heteroatoms. The molecule has 96 valence electrons. The van der Waals surface area contributed by atoms with Crippen LogP contribution < -0.4 is 4.90 Å². The number of thioether (sulfide) groups is 1. The molecular formula is C9H12F3N3OS. The first-order valence-corrected chi connectivity index (χ1v) is 5.97. The van der Waals surface area contributed by atoms with Gasteiger partial charge in [0.2, 0.25) is 0 Å². The lowest BCUT2D eigenvalue weighted by atomic mass is 10.4. The Morgan fingerprint density at radius 3 is 2.65 bits per heavy atom. The molecule has 17 heavy (non-hydrogen) atoms. The van der Waals surface area contributed by atoms with Crippen molar-refractivity contribution in [2.75, 3.05) is 30.9 Å². The summed E-state index contributed by atoms with van der Waals surface area (Å²) in [6, 6.07) is 1.46. The van der Waals surface area contributed by atoms with Gasteiger partial charge in [0.25, 0.3) is 0 Å². The number of hydrogen-bond acceptors (Lipinski definition) is 5. The van der Waals surface area contributed by atoms with Crippen LogP contribution in [0.1, 0.15) is 0 Å². The van der Waals surface area contributed by atoms with Crippen LogP contribution in [0, 0.1) is 0 Å². The normalized spacial score (nSPS) is 11.6. The van der Waals surface area contributed by atoms with Crippen LogP contribution in [0.3, 0.4) is 0 Å². The van der Waals surface area contributed by atoms with Crippen molar-refractivity contribution in [2.45, 2.75) is 11.2 Å². The van der Waals surface area contributed by atoms with Gasteiger partial charge in [-0.3, -0.25) is 0 Å². The second-order valence-corrected chi connectivity index (χ2v) is 4.01. The maximum absolute atomic E-state index is 12.3. The summed E-state index contributed by atoms with van der Waals surface area (Å²) in [5.74, 6) is 0.163. The molecule has 1 aromatic heterocycles. The van der Waals surface area contributed by atoms with Crippen LogP contribution in [0.4, 0.5) is 19.0 Å². The zero-order valence-electron chi connectivity index (χ0n) is 9.11. The number of aliphatic hydroxyl groups is 1. The van der Waals surface area contributed by atoms with Gasteiger partial charge < -0.3 is 10.0 Å². The highest BCUT2D eigenvalue weighted by Crippen LogP contribution is 2.22. The summed E-state index contributed by atoms with van der Waals surface area (Å²) < 4.78 is 37.0. The Morgan fingerprint density at radius 2 is 2.12 bits per heavy atom. The molecule has 0 saturated heterocycles. The number of hydrogen-bond donors (Lipinski definition) is 1. The molecule has 4 nitrogen and oxygen atoms in total. The van der Waals surface area contributed by atoms with Crippen LogP contribution >= 0.6 is 11.8 Å². The first-order chi connectivity index (χ1) is 7.96. The topological polar surface area (TPSA) is 49.2 Å². The Morgan fingerprint density at radius 1 is 1.41 bits per heavy atom. The summed E-state index contributed by atoms with van der Waals surface area (Å²) in [4.78, 5) is 8.63. The SMILES string of the molecule is CSc1cc(N(CCO)CC(F)(F)F)ncn1. The van der Waals surface area contributed by atoms with Gasteiger partial charge in [0.05, 0.1) is 6.61 Å². The van der Waals surface area contributed by atoms with E-state index in [0.29, 0.717) is 5.03 Å². The van der Waals surface area contributed by atoms with Gasteiger partial charge in [0.15, 0.2) is 0 Å². The van der Waals surface area contributed by atoms with Gasteiger partial charge in [-0.2, -0.15) is 13.2 Å². The lowest BCUT2D eigenvalue weighted by Crippen LogP contribution is -2.36. The number of aliphatic hydroxyl groups excluding tert-OH is 1. The third-order valence-corrected chi connectivity index (χ3v) is 2.54. The second-order valence-electron chi connectivity index (χ2n) is 3.18. The number of anilines is 1. The zero-order valence-corrected chi connectivity index (χ0v) is 9.92. The molecule has 0 aromatic carbocycles. The van der Waals surface area contributed by atoms with Gasteiger partial charge in [0, 0.05) is 12.6 Å². The number of halogens is 3. The molecule has 0 radical (unpaired) electrons. The molecule has 1 N–H and O–H groups in total. The molecule has 0 amide bonds. The molecule has 1 heterocycles. The van der Waals surface area contributed by atoms with Crippen LogP contribution in [-0.4, -0.2) is 47.2 Å². The summed E-state index contributed by atoms with van der Waals surface area (Å²) in [5, 5.41) is 9.35. The van der Waals surface area contributed by atoms with E-state index in [9.17, 15) is 13.2 Å². The minimum absolute atomic E-state index is 0.121. The fourth-order valence-electron chi connectivity index (χ4n) is 1.23. The maximum atomic E-state index is 12.3. The van der Waals surface area contributed by atoms with Crippen LogP contribution in [0.25, 0.3) is 0 Å². The first kappa shape index (κ1) is 14.0. The van der Waals surface area contributed by atoms with Crippen molar-refractivity contribution in [1.82, 2.24) is 9.97 Å². The quantitative estimate of drug-likeness (QED) is 0.648. The average Bonchev–Trinajstić information content (AvgIpc) is 2.27. The molecule has 0 fully saturated rings. The van der Waals surface area contributed by atoms with Crippen LogP contribution in [0.5, 0.6) is 0 Å². The largest absolute Gasteiger partial charge is 0.405 e. The second kappa shape index (κ2) is 6.06. The molecule has 1 aromatic rings. The van der Waals surface area contributed by atoms with Crippen molar-refractivity contribution in [3.8, 4) is 0 Å². The third kappa shape index (κ3) is 4.78. The van der Waals surface area contributed by atoms with E-state index in [1.165, 1.54) is 24.2 Å². The van der Waals surface area contributed by atoms with E-state index in [2.05, 4.69) is 9.97 Å². The minimum Gasteiger partial charge on any atom is -0.395 e. The third-order valence-electron chi connectivity index (χ3n) is 1.90. The highest BCUT2D eigenvalue weighted by molar-refractivity contribution is 7.98. The van der Waals surface area contributed by atoms with E-state index in [1.807, 2.05) is 0 Å². The van der Waals surface area contributed by atoms with Crippen LogP contribution in [-0.2, 0) is 0 Å². The van der Waals surface area contributed by atoms with Gasteiger partial charge in [-0.25, -0.2) is 9.97 Å². The zero-order chi connectivity index (χ0) is 12.9. The molecule has 0 atom stereocenters. The van der Waals surface area contributed by atoms with Gasteiger partial charge in [-0.1, -0.05) is 0 Å². The van der Waals surface area contributed by atoms with E-state index in [4.69, 9.17) is 5.11 Å². The first-order valence-electron chi connectivity index (χ1n) is 4.75. The fourth-order valence-corrected chi connectivity index (χ4v) is 1.60. The monoisotopic (exact) mass is 267 g/mol. The lowest BCUT2D eigenvalue weighted by Gasteiger charge is -2.23. The summed E-state index contributed by atoms with van der Waals surface area (Å²) in [6.07, 6.45) is -1.35. The van der Waals surface area contributed by atoms with Crippen molar-refractivity contribution in [3.63, 3.8) is 0 Å². The van der Waals surface area contributed by atoms with Crippen molar-refractivity contribution in [2.24, 2.45) is 0 Å². The predicted molar refractivity (Wildman–Crippen MR) is 59.2 cm³/mol. The smallest absolute Gasteiger partial charge is 0.395 e. The standard InChI is InChI=1S/C9H12F3N3OS/c1-17-8-4-7(13-6-14-8)15(2-3-16)5-9(10,11)12/h4,6,16H,2-3,5H2,1H3. The van der Waals surface area contributed by atoms with Gasteiger partial charge in [-0.15, -0.1) is 11.8 Å². The van der Waals surface area contributed by atoms with Crippen molar-refractivity contribution < 1.29 is 18.3 Å². The molecule has 0 aliphatic heterocycles. The molecule has 0 bridgehead atoms. The van der Waals surface area contributed by atoms with Crippen molar-refractivity contribution >= 4 is 17.6 Å². The molecule has 0 aliphatic rings. The molecule has 0 spiro atoms. The van der Waals surface area contributed by atoms with E-state index in [-0.39, 0.29) is 19.0 Å². The molecular weight excluding hydrogens is 255 g/mol. The number of rotatable bonds is 5. The Bertz CT molecular complexity index is 362. The van der Waals surface area contributed by atoms with E-state index >= 15 is 0 Å². The Balaban J connectivity index is 2.88. The highest BCUT2D eigenvalue weighted by Gasteiger charge is 2.31. The summed E-state index contributed by atoms with van der Waals surface area (Å²) in [6.45, 7) is -1.63. The molecule has 0 unspecified atom stereocenters. The summed E-state index contributed by atoms with van der Waals surface area (Å²) in [7, 11) is 0. The van der Waals surface area contributed by atoms with Gasteiger partial charge in [0.1, 0.15) is 23.7 Å². The van der Waals surface area contributed by atoms with Gasteiger partial charge >= 0.3 is 6.18 Å². The Hall–Kier alpha value is -1.02. The number of nitrogens with zero attached hydrogens (tertiary/aromatic N) is 3. The summed E-state index contributed by atoms with van der Waals surface area (Å²) in [5.41, 5.74) is 0. The summed E-state index contributed by atoms with van der Waals surface area (Å²) >= 11 is 1.31. The molecule has 0 aliphatic carbocycles. The van der Waals surface area contributed by atoms with E-state index < -0.39 is 12.7 Å². The predicted octanol–water partition coefficient (Wildman–Crippen LogP) is 1.56. The maximum Gasteiger partial charge on any atom is 0.405 e. The highest BCUT2D eigenvalue weighted by atomic mass is 32.2. The molecule has 0 saturated carbocycles. The van der Waals surface area contributed by atoms with Crippen molar-refractivity contribution in [3.05, 3.63) is 12.4 Å². The van der Waals surface area contributed by atoms with Gasteiger partial charge in [-0.05, 0) is 6.26 Å². The Kier molecular flexibility index (Phi) is 5.01. The van der Waals surface area contributed by atoms with Crippen molar-refractivity contribution in [1.29, 1.82) is 0 Å². The lowest BCUT2D eigenvalue weighted by molar-refractivity contribution is -0.120.